The molecule has 3 heterocycles. The lowest BCUT2D eigenvalue weighted by Gasteiger charge is -2.23. The fraction of sp³-hybridized carbons (Fsp3) is 0.524. The Bertz CT molecular complexity index is 993. The fourth-order valence-corrected chi connectivity index (χ4v) is 4.11. The topological polar surface area (TPSA) is 51.9 Å². The van der Waals surface area contributed by atoms with Crippen LogP contribution in [0, 0.1) is 5.92 Å². The maximum absolute atomic E-state index is 13.2. The van der Waals surface area contributed by atoms with Crippen LogP contribution >= 0.6 is 0 Å². The molecule has 4 rings (SSSR count). The van der Waals surface area contributed by atoms with Gasteiger partial charge >= 0.3 is 0 Å². The normalized spacial score (nSPS) is 16.2. The number of nitrogens with one attached hydrogen (secondary N) is 1. The molecule has 1 aromatic carbocycles. The van der Waals surface area contributed by atoms with Crippen molar-refractivity contribution in [3.05, 3.63) is 40.4 Å². The number of benzene rings is 1. The van der Waals surface area contributed by atoms with Crippen LogP contribution in [-0.2, 0) is 13.6 Å². The number of para-hydroxylation sites is 1. The van der Waals surface area contributed by atoms with Crippen molar-refractivity contribution in [1.29, 1.82) is 0 Å². The molecule has 0 aliphatic carbocycles. The molecule has 1 fully saturated rings. The van der Waals surface area contributed by atoms with Crippen LogP contribution in [0.25, 0.3) is 21.9 Å². The number of rotatable bonds is 4. The molecule has 0 amide bonds. The summed E-state index contributed by atoms with van der Waals surface area (Å²) in [4.78, 5) is 18.3. The van der Waals surface area contributed by atoms with E-state index in [4.69, 9.17) is 4.98 Å². The fourth-order valence-electron chi connectivity index (χ4n) is 4.11. The zero-order chi connectivity index (χ0) is 18.3. The summed E-state index contributed by atoms with van der Waals surface area (Å²) >= 11 is 0. The summed E-state index contributed by atoms with van der Waals surface area (Å²) in [5.41, 5.74) is 2.67. The third-order valence-corrected chi connectivity index (χ3v) is 5.66. The van der Waals surface area contributed by atoms with E-state index in [0.717, 1.165) is 66.7 Å². The van der Waals surface area contributed by atoms with E-state index < -0.39 is 0 Å². The summed E-state index contributed by atoms with van der Waals surface area (Å²) in [5.74, 6) is 2.13. The molecule has 138 valence electrons. The number of piperidine rings is 1. The number of nitrogens with zero attached hydrogens (tertiary/aromatic N) is 3. The quantitative estimate of drug-likeness (QED) is 0.783. The van der Waals surface area contributed by atoms with Gasteiger partial charge in [0.25, 0.3) is 5.56 Å². The lowest BCUT2D eigenvalue weighted by Crippen LogP contribution is -2.28. The van der Waals surface area contributed by atoms with Crippen LogP contribution in [0.3, 0.4) is 0 Å². The van der Waals surface area contributed by atoms with Gasteiger partial charge in [-0.3, -0.25) is 4.79 Å². The summed E-state index contributed by atoms with van der Waals surface area (Å²) in [6, 6.07) is 8.11. The average molecular weight is 352 g/mol. The molecule has 1 saturated heterocycles. The number of aromatic nitrogens is 3. The first kappa shape index (κ1) is 17.3. The number of imidazole rings is 1. The van der Waals surface area contributed by atoms with Crippen molar-refractivity contribution in [2.75, 3.05) is 13.1 Å². The molecule has 5 nitrogen and oxygen atoms in total. The summed E-state index contributed by atoms with van der Waals surface area (Å²) in [5, 5.41) is 4.51. The highest BCUT2D eigenvalue weighted by Gasteiger charge is 2.25. The minimum atomic E-state index is 0.0649. The van der Waals surface area contributed by atoms with Crippen molar-refractivity contribution in [2.24, 2.45) is 13.0 Å². The zero-order valence-corrected chi connectivity index (χ0v) is 16.0. The van der Waals surface area contributed by atoms with Gasteiger partial charge in [0.05, 0.1) is 5.52 Å². The van der Waals surface area contributed by atoms with E-state index >= 15 is 0 Å². The SMILES string of the molecule is CC(C)CCn1c(C2CCNCC2)nc2c3ccccc3n(C)c(=O)c21. The predicted octanol–water partition coefficient (Wildman–Crippen LogP) is 3.40. The van der Waals surface area contributed by atoms with E-state index in [2.05, 4.69) is 29.8 Å². The summed E-state index contributed by atoms with van der Waals surface area (Å²) < 4.78 is 4.01. The second kappa shape index (κ2) is 6.88. The Morgan fingerprint density at radius 2 is 1.96 bits per heavy atom. The van der Waals surface area contributed by atoms with Gasteiger partial charge in [0, 0.05) is 24.9 Å². The monoisotopic (exact) mass is 352 g/mol. The molecule has 0 radical (unpaired) electrons. The highest BCUT2D eigenvalue weighted by Crippen LogP contribution is 2.30. The van der Waals surface area contributed by atoms with Crippen LogP contribution < -0.4 is 10.9 Å². The standard InChI is InChI=1S/C21H28N4O/c1-14(2)10-13-25-19-18(23-20(25)15-8-11-22-12-9-15)16-6-4-5-7-17(16)24(3)21(19)26/h4-7,14-15,22H,8-13H2,1-3H3. The van der Waals surface area contributed by atoms with E-state index in [1.807, 2.05) is 25.2 Å². The Morgan fingerprint density at radius 1 is 1.23 bits per heavy atom. The van der Waals surface area contributed by atoms with Gasteiger partial charge in [-0.05, 0) is 44.3 Å². The average Bonchev–Trinajstić information content (AvgIpc) is 3.05. The Morgan fingerprint density at radius 3 is 2.69 bits per heavy atom. The van der Waals surface area contributed by atoms with Gasteiger partial charge in [0.15, 0.2) is 0 Å². The minimum Gasteiger partial charge on any atom is -0.323 e. The molecule has 1 aliphatic heterocycles. The first-order chi connectivity index (χ1) is 12.6. The first-order valence-corrected chi connectivity index (χ1v) is 9.76. The van der Waals surface area contributed by atoms with Gasteiger partial charge in [-0.1, -0.05) is 32.0 Å². The molecule has 0 unspecified atom stereocenters. The summed E-state index contributed by atoms with van der Waals surface area (Å²) in [6.07, 6.45) is 3.23. The van der Waals surface area contributed by atoms with Gasteiger partial charge < -0.3 is 14.5 Å². The Hall–Kier alpha value is -2.14. The number of hydrogen-bond donors (Lipinski definition) is 1. The van der Waals surface area contributed by atoms with Crippen molar-refractivity contribution >= 4 is 21.9 Å². The smallest absolute Gasteiger partial charge is 0.276 e. The first-order valence-electron chi connectivity index (χ1n) is 9.76. The lowest BCUT2D eigenvalue weighted by atomic mass is 9.97. The second-order valence-electron chi connectivity index (χ2n) is 7.91. The zero-order valence-electron chi connectivity index (χ0n) is 16.0. The molecule has 0 spiro atoms. The van der Waals surface area contributed by atoms with E-state index in [1.165, 1.54) is 0 Å². The van der Waals surface area contributed by atoms with Crippen LogP contribution in [0.4, 0.5) is 0 Å². The molecular formula is C21H28N4O. The molecule has 0 atom stereocenters. The molecule has 1 aliphatic rings. The van der Waals surface area contributed by atoms with Crippen molar-refractivity contribution < 1.29 is 0 Å². The molecular weight excluding hydrogens is 324 g/mol. The van der Waals surface area contributed by atoms with Gasteiger partial charge in [0.2, 0.25) is 0 Å². The van der Waals surface area contributed by atoms with Crippen LogP contribution in [0.1, 0.15) is 44.9 Å². The minimum absolute atomic E-state index is 0.0649. The summed E-state index contributed by atoms with van der Waals surface area (Å²) in [7, 11) is 1.87. The third-order valence-electron chi connectivity index (χ3n) is 5.66. The Balaban J connectivity index is 2.00. The molecule has 5 heteroatoms. The van der Waals surface area contributed by atoms with Crippen molar-refractivity contribution in [1.82, 2.24) is 19.4 Å². The number of fused-ring (bicyclic) bond motifs is 3. The lowest BCUT2D eigenvalue weighted by molar-refractivity contribution is 0.422. The van der Waals surface area contributed by atoms with Gasteiger partial charge in [-0.15, -0.1) is 0 Å². The molecule has 1 N–H and O–H groups in total. The van der Waals surface area contributed by atoms with Crippen LogP contribution in [0.5, 0.6) is 0 Å². The van der Waals surface area contributed by atoms with Crippen molar-refractivity contribution in [3.8, 4) is 0 Å². The predicted molar refractivity (Wildman–Crippen MR) is 107 cm³/mol. The third kappa shape index (κ3) is 2.84. The van der Waals surface area contributed by atoms with Gasteiger partial charge in [-0.2, -0.15) is 0 Å². The molecule has 2 aromatic heterocycles. The van der Waals surface area contributed by atoms with Crippen LogP contribution in [-0.4, -0.2) is 27.2 Å². The van der Waals surface area contributed by atoms with E-state index in [1.54, 1.807) is 4.57 Å². The van der Waals surface area contributed by atoms with Crippen LogP contribution in [0.2, 0.25) is 0 Å². The van der Waals surface area contributed by atoms with Crippen LogP contribution in [0.15, 0.2) is 29.1 Å². The number of pyridine rings is 1. The van der Waals surface area contributed by atoms with E-state index in [0.29, 0.717) is 11.8 Å². The maximum atomic E-state index is 13.2. The molecule has 26 heavy (non-hydrogen) atoms. The van der Waals surface area contributed by atoms with Crippen molar-refractivity contribution in [3.63, 3.8) is 0 Å². The second-order valence-corrected chi connectivity index (χ2v) is 7.91. The van der Waals surface area contributed by atoms with Gasteiger partial charge in [0.1, 0.15) is 16.9 Å². The van der Waals surface area contributed by atoms with E-state index in [-0.39, 0.29) is 5.56 Å². The van der Waals surface area contributed by atoms with Gasteiger partial charge in [-0.25, -0.2) is 4.98 Å². The molecule has 0 bridgehead atoms. The molecule has 0 saturated carbocycles. The Kier molecular flexibility index (Phi) is 4.57. The number of hydrogen-bond acceptors (Lipinski definition) is 3. The number of aryl methyl sites for hydroxylation is 2. The van der Waals surface area contributed by atoms with Crippen molar-refractivity contribution in [2.45, 2.75) is 45.6 Å². The molecule has 3 aromatic rings. The highest BCUT2D eigenvalue weighted by molar-refractivity contribution is 6.02. The van der Waals surface area contributed by atoms with E-state index in [9.17, 15) is 4.79 Å². The highest BCUT2D eigenvalue weighted by atomic mass is 16.1. The Labute approximate surface area is 154 Å². The maximum Gasteiger partial charge on any atom is 0.276 e. The summed E-state index contributed by atoms with van der Waals surface area (Å²) in [6.45, 7) is 7.38. The largest absolute Gasteiger partial charge is 0.323 e.